The van der Waals surface area contributed by atoms with E-state index in [4.69, 9.17) is 11.6 Å². The fourth-order valence-corrected chi connectivity index (χ4v) is 2.43. The zero-order valence-corrected chi connectivity index (χ0v) is 12.9. The third kappa shape index (κ3) is 2.83. The zero-order valence-electron chi connectivity index (χ0n) is 11.3. The molecule has 0 unspecified atom stereocenters. The van der Waals surface area contributed by atoms with Crippen molar-refractivity contribution in [2.75, 3.05) is 11.6 Å². The number of nitrogens with one attached hydrogen (secondary N) is 3. The quantitative estimate of drug-likeness (QED) is 0.503. The molecular formula is C13H10ClN5O2S. The molecule has 2 aromatic heterocycles. The summed E-state index contributed by atoms with van der Waals surface area (Å²) in [4.78, 5) is 36.8. The monoisotopic (exact) mass is 335 g/mol. The second-order valence-corrected chi connectivity index (χ2v) is 5.53. The minimum atomic E-state index is -0.445. The van der Waals surface area contributed by atoms with E-state index in [0.29, 0.717) is 21.9 Å². The predicted molar refractivity (Wildman–Crippen MR) is 85.7 cm³/mol. The van der Waals surface area contributed by atoms with Gasteiger partial charge in [-0.1, -0.05) is 23.4 Å². The van der Waals surface area contributed by atoms with E-state index in [2.05, 4.69) is 25.3 Å². The third-order valence-corrected chi connectivity index (χ3v) is 3.73. The van der Waals surface area contributed by atoms with Gasteiger partial charge in [-0.25, -0.2) is 14.8 Å². The fraction of sp³-hybridized carbons (Fsp3) is 0.0769. The van der Waals surface area contributed by atoms with Crippen molar-refractivity contribution in [3.8, 4) is 0 Å². The van der Waals surface area contributed by atoms with Gasteiger partial charge in [-0.05, 0) is 24.5 Å². The van der Waals surface area contributed by atoms with E-state index in [1.807, 2.05) is 0 Å². The topological polar surface area (TPSA) is 104 Å². The number of benzene rings is 1. The molecule has 0 radical (unpaired) electrons. The van der Waals surface area contributed by atoms with Gasteiger partial charge in [0.05, 0.1) is 22.3 Å². The molecule has 7 nitrogen and oxygen atoms in total. The van der Waals surface area contributed by atoms with Crippen molar-refractivity contribution in [3.05, 3.63) is 45.6 Å². The summed E-state index contributed by atoms with van der Waals surface area (Å²) < 4.78 is 0. The molecule has 0 aliphatic rings. The van der Waals surface area contributed by atoms with Crippen LogP contribution >= 0.6 is 23.4 Å². The van der Waals surface area contributed by atoms with Crippen molar-refractivity contribution >= 4 is 46.0 Å². The second-order valence-electron chi connectivity index (χ2n) is 4.35. The first kappa shape index (κ1) is 14.6. The van der Waals surface area contributed by atoms with Gasteiger partial charge in [-0.15, -0.1) is 0 Å². The van der Waals surface area contributed by atoms with Gasteiger partial charge in [0.1, 0.15) is 0 Å². The van der Waals surface area contributed by atoms with Gasteiger partial charge >= 0.3 is 5.69 Å². The van der Waals surface area contributed by atoms with Gasteiger partial charge in [-0.2, -0.15) is 0 Å². The first-order chi connectivity index (χ1) is 10.6. The van der Waals surface area contributed by atoms with Crippen molar-refractivity contribution in [3.63, 3.8) is 0 Å². The molecule has 0 aliphatic carbocycles. The average molecular weight is 336 g/mol. The Labute approximate surface area is 133 Å². The summed E-state index contributed by atoms with van der Waals surface area (Å²) in [6, 6.07) is 5.02. The van der Waals surface area contributed by atoms with Gasteiger partial charge in [-0.3, -0.25) is 4.79 Å². The summed E-state index contributed by atoms with van der Waals surface area (Å²) in [6.07, 6.45) is 3.20. The van der Waals surface area contributed by atoms with Crippen LogP contribution in [0.3, 0.4) is 0 Å². The summed E-state index contributed by atoms with van der Waals surface area (Å²) in [5.41, 5.74) is 1.58. The number of nitrogens with zero attached hydrogens (tertiary/aromatic N) is 2. The van der Waals surface area contributed by atoms with Crippen molar-refractivity contribution in [2.45, 2.75) is 5.16 Å². The number of carbonyl (C=O) groups excluding carboxylic acids is 1. The number of rotatable bonds is 3. The van der Waals surface area contributed by atoms with Crippen LogP contribution in [0.4, 0.5) is 5.69 Å². The van der Waals surface area contributed by atoms with Crippen LogP contribution in [-0.4, -0.2) is 32.1 Å². The highest BCUT2D eigenvalue weighted by Crippen LogP contribution is 2.19. The first-order valence-electron chi connectivity index (χ1n) is 6.17. The normalized spacial score (nSPS) is 10.8. The van der Waals surface area contributed by atoms with Crippen LogP contribution in [0.1, 0.15) is 10.5 Å². The molecule has 112 valence electrons. The van der Waals surface area contributed by atoms with Crippen LogP contribution in [0.25, 0.3) is 11.0 Å². The molecule has 0 spiro atoms. The molecule has 22 heavy (non-hydrogen) atoms. The number of thioether (sulfide) groups is 1. The lowest BCUT2D eigenvalue weighted by molar-refractivity contribution is 0.102. The lowest BCUT2D eigenvalue weighted by Crippen LogP contribution is -2.15. The third-order valence-electron chi connectivity index (χ3n) is 2.89. The Morgan fingerprint density at radius 3 is 2.86 bits per heavy atom. The smallest absolute Gasteiger partial charge is 0.321 e. The molecule has 0 fully saturated rings. The number of aromatic nitrogens is 4. The highest BCUT2D eigenvalue weighted by molar-refractivity contribution is 7.98. The summed E-state index contributed by atoms with van der Waals surface area (Å²) in [7, 11) is 0. The number of imidazole rings is 1. The Morgan fingerprint density at radius 1 is 1.32 bits per heavy atom. The van der Waals surface area contributed by atoms with E-state index in [0.717, 1.165) is 0 Å². The standard InChI is InChI=1S/C13H10ClN5O2S/c1-22-13-15-5-7(14)10(19-13)11(20)16-6-2-3-8-9(4-6)18-12(21)17-8/h2-5H,1H3,(H,16,20)(H2,17,18,21). The number of hydrogen-bond acceptors (Lipinski definition) is 5. The number of amides is 1. The average Bonchev–Trinajstić information content (AvgIpc) is 2.87. The SMILES string of the molecule is CSc1ncc(Cl)c(C(=O)Nc2ccc3[nH]c(=O)[nH]c3c2)n1. The van der Waals surface area contributed by atoms with Gasteiger partial charge in [0.2, 0.25) is 0 Å². The van der Waals surface area contributed by atoms with Crippen molar-refractivity contribution in [2.24, 2.45) is 0 Å². The molecule has 0 bridgehead atoms. The molecule has 3 rings (SSSR count). The highest BCUT2D eigenvalue weighted by Gasteiger charge is 2.14. The van der Waals surface area contributed by atoms with Crippen LogP contribution in [-0.2, 0) is 0 Å². The highest BCUT2D eigenvalue weighted by atomic mass is 35.5. The van der Waals surface area contributed by atoms with Gasteiger partial charge < -0.3 is 15.3 Å². The molecule has 0 saturated heterocycles. The van der Waals surface area contributed by atoms with Crippen molar-refractivity contribution < 1.29 is 4.79 Å². The maximum Gasteiger partial charge on any atom is 0.323 e. The van der Waals surface area contributed by atoms with Gasteiger partial charge in [0.15, 0.2) is 10.9 Å². The lowest BCUT2D eigenvalue weighted by Gasteiger charge is -2.06. The molecule has 1 aromatic carbocycles. The minimum Gasteiger partial charge on any atom is -0.321 e. The van der Waals surface area contributed by atoms with E-state index in [-0.39, 0.29) is 16.4 Å². The van der Waals surface area contributed by atoms with Gasteiger partial charge in [0, 0.05) is 5.69 Å². The number of halogens is 1. The molecule has 3 N–H and O–H groups in total. The molecule has 3 aromatic rings. The Morgan fingerprint density at radius 2 is 2.09 bits per heavy atom. The van der Waals surface area contributed by atoms with Crippen LogP contribution in [0.2, 0.25) is 5.02 Å². The Hall–Kier alpha value is -2.32. The fourth-order valence-electron chi connectivity index (χ4n) is 1.91. The first-order valence-corrected chi connectivity index (χ1v) is 7.77. The maximum atomic E-state index is 12.3. The Bertz CT molecular complexity index is 920. The molecule has 0 aliphatic heterocycles. The van der Waals surface area contributed by atoms with E-state index < -0.39 is 5.91 Å². The van der Waals surface area contributed by atoms with Crippen LogP contribution in [0.5, 0.6) is 0 Å². The molecule has 0 saturated carbocycles. The Kier molecular flexibility index (Phi) is 3.86. The summed E-state index contributed by atoms with van der Waals surface area (Å²) in [5.74, 6) is -0.445. The number of aromatic amines is 2. The largest absolute Gasteiger partial charge is 0.323 e. The summed E-state index contributed by atoms with van der Waals surface area (Å²) in [5, 5.41) is 3.32. The summed E-state index contributed by atoms with van der Waals surface area (Å²) in [6.45, 7) is 0. The number of fused-ring (bicyclic) bond motifs is 1. The molecular weight excluding hydrogens is 326 g/mol. The van der Waals surface area contributed by atoms with Crippen molar-refractivity contribution in [1.29, 1.82) is 0 Å². The van der Waals surface area contributed by atoms with E-state index in [1.165, 1.54) is 18.0 Å². The molecule has 0 atom stereocenters. The molecule has 2 heterocycles. The number of anilines is 1. The van der Waals surface area contributed by atoms with E-state index in [1.54, 1.807) is 24.5 Å². The zero-order chi connectivity index (χ0) is 15.7. The number of hydrogen-bond donors (Lipinski definition) is 3. The lowest BCUT2D eigenvalue weighted by atomic mass is 10.2. The second kappa shape index (κ2) is 5.82. The van der Waals surface area contributed by atoms with E-state index in [9.17, 15) is 9.59 Å². The van der Waals surface area contributed by atoms with Crippen LogP contribution in [0, 0.1) is 0 Å². The van der Waals surface area contributed by atoms with Crippen LogP contribution < -0.4 is 11.0 Å². The van der Waals surface area contributed by atoms with Gasteiger partial charge in [0.25, 0.3) is 5.91 Å². The number of H-pyrrole nitrogens is 2. The minimum absolute atomic E-state index is 0.101. The molecule has 1 amide bonds. The van der Waals surface area contributed by atoms with E-state index >= 15 is 0 Å². The number of carbonyl (C=O) groups is 1. The summed E-state index contributed by atoms with van der Waals surface area (Å²) >= 11 is 7.28. The molecule has 9 heteroatoms. The van der Waals surface area contributed by atoms with Crippen LogP contribution in [0.15, 0.2) is 34.3 Å². The van der Waals surface area contributed by atoms with Crippen molar-refractivity contribution in [1.82, 2.24) is 19.9 Å². The Balaban J connectivity index is 1.90. The predicted octanol–water partition coefficient (Wildman–Crippen LogP) is 2.27. The maximum absolute atomic E-state index is 12.3.